The highest BCUT2D eigenvalue weighted by molar-refractivity contribution is 7.99. The van der Waals surface area contributed by atoms with Crippen LogP contribution in [0, 0.1) is 0 Å². The molecule has 1 heterocycles. The first kappa shape index (κ1) is 14.6. The Morgan fingerprint density at radius 1 is 1.59 bits per heavy atom. The Morgan fingerprint density at radius 2 is 2.24 bits per heavy atom. The fourth-order valence-electron chi connectivity index (χ4n) is 1.17. The van der Waals surface area contributed by atoms with Gasteiger partial charge in [0, 0.05) is 11.8 Å². The van der Waals surface area contributed by atoms with Crippen molar-refractivity contribution in [3.63, 3.8) is 0 Å². The van der Waals surface area contributed by atoms with Crippen molar-refractivity contribution in [3.05, 3.63) is 0 Å². The Bertz CT molecular complexity index is 470. The Hall–Kier alpha value is -0.470. The van der Waals surface area contributed by atoms with Gasteiger partial charge in [-0.15, -0.1) is 0 Å². The lowest BCUT2D eigenvalue weighted by Gasteiger charge is -2.10. The molecule has 1 unspecified atom stereocenters. The molecule has 3 N–H and O–H groups in total. The van der Waals surface area contributed by atoms with Gasteiger partial charge in [-0.25, -0.2) is 8.42 Å². The third kappa shape index (κ3) is 3.49. The Labute approximate surface area is 110 Å². The van der Waals surface area contributed by atoms with Crippen molar-refractivity contribution in [2.45, 2.75) is 24.0 Å². The Morgan fingerprint density at radius 3 is 2.76 bits per heavy atom. The lowest BCUT2D eigenvalue weighted by Crippen LogP contribution is -2.14. The molecule has 1 rings (SSSR count). The number of anilines is 2. The van der Waals surface area contributed by atoms with Crippen LogP contribution in [-0.4, -0.2) is 36.6 Å². The molecule has 0 saturated carbocycles. The summed E-state index contributed by atoms with van der Waals surface area (Å²) in [4.78, 5) is 0.151. The third-order valence-electron chi connectivity index (χ3n) is 2.32. The molecular formula is C9H17N3O2S3. The topological polar surface area (TPSA) is 85.1 Å². The summed E-state index contributed by atoms with van der Waals surface area (Å²) in [5.41, 5.74) is 5.62. The van der Waals surface area contributed by atoms with E-state index in [0.29, 0.717) is 16.8 Å². The summed E-state index contributed by atoms with van der Waals surface area (Å²) < 4.78 is 27.6. The van der Waals surface area contributed by atoms with Crippen molar-refractivity contribution >= 4 is 44.0 Å². The number of nitrogens with one attached hydrogen (secondary N) is 1. The van der Waals surface area contributed by atoms with Crippen LogP contribution >= 0.6 is 23.3 Å². The molecule has 17 heavy (non-hydrogen) atoms. The van der Waals surface area contributed by atoms with Gasteiger partial charge >= 0.3 is 0 Å². The Kier molecular flexibility index (Phi) is 5.08. The summed E-state index contributed by atoms with van der Waals surface area (Å²) in [6.45, 7) is 4.35. The molecule has 5 nitrogen and oxygen atoms in total. The van der Waals surface area contributed by atoms with E-state index in [2.05, 4.69) is 16.6 Å². The molecule has 0 radical (unpaired) electrons. The van der Waals surface area contributed by atoms with E-state index in [0.717, 1.165) is 11.5 Å². The van der Waals surface area contributed by atoms with Crippen LogP contribution < -0.4 is 11.1 Å². The number of hydrogen-bond acceptors (Lipinski definition) is 7. The second-order valence-corrected chi connectivity index (χ2v) is 7.82. The van der Waals surface area contributed by atoms with E-state index in [1.165, 1.54) is 0 Å². The molecule has 1 aromatic heterocycles. The first-order valence-electron chi connectivity index (χ1n) is 5.17. The molecule has 0 spiro atoms. The van der Waals surface area contributed by atoms with E-state index in [1.54, 1.807) is 18.7 Å². The minimum absolute atomic E-state index is 0.0301. The fourth-order valence-corrected chi connectivity index (χ4v) is 3.60. The highest BCUT2D eigenvalue weighted by Gasteiger charge is 2.23. The first-order valence-corrected chi connectivity index (χ1v) is 8.88. The molecule has 98 valence electrons. The predicted molar refractivity (Wildman–Crippen MR) is 75.7 cm³/mol. The number of aromatic nitrogens is 1. The third-order valence-corrected chi connectivity index (χ3v) is 6.03. The maximum absolute atomic E-state index is 11.9. The highest BCUT2D eigenvalue weighted by Crippen LogP contribution is 2.32. The summed E-state index contributed by atoms with van der Waals surface area (Å²) in [7, 11) is -3.32. The zero-order valence-electron chi connectivity index (χ0n) is 10.1. The van der Waals surface area contributed by atoms with Gasteiger partial charge in [0.2, 0.25) is 0 Å². The standard InChI is InChI=1S/C9H17N3O2S3/c1-4-17(13,14)7-8(10)12-16-9(7)11-5-6(2)15-3/h6,11H,4-5H2,1-3H3,(H2,10,12). The van der Waals surface area contributed by atoms with Crippen LogP contribution in [0.3, 0.4) is 0 Å². The molecule has 0 bridgehead atoms. The second-order valence-electron chi connectivity index (χ2n) is 3.56. The average Bonchev–Trinajstić information content (AvgIpc) is 2.68. The molecule has 0 aromatic carbocycles. The number of rotatable bonds is 6. The van der Waals surface area contributed by atoms with E-state index in [9.17, 15) is 8.42 Å². The normalized spacial score (nSPS) is 13.6. The molecule has 0 amide bonds. The largest absolute Gasteiger partial charge is 0.382 e. The SMILES string of the molecule is CCS(=O)(=O)c1c(N)nsc1NCC(C)SC. The number of nitrogens with two attached hydrogens (primary N) is 1. The van der Waals surface area contributed by atoms with Crippen LogP contribution in [-0.2, 0) is 9.84 Å². The van der Waals surface area contributed by atoms with Crippen molar-refractivity contribution in [3.8, 4) is 0 Å². The molecule has 8 heteroatoms. The van der Waals surface area contributed by atoms with Crippen LogP contribution in [0.5, 0.6) is 0 Å². The van der Waals surface area contributed by atoms with E-state index >= 15 is 0 Å². The number of nitrogen functional groups attached to an aromatic ring is 1. The molecule has 1 aromatic rings. The molecule has 0 aliphatic rings. The zero-order valence-corrected chi connectivity index (χ0v) is 12.5. The monoisotopic (exact) mass is 295 g/mol. The molecule has 0 fully saturated rings. The average molecular weight is 295 g/mol. The van der Waals surface area contributed by atoms with Gasteiger partial charge in [-0.3, -0.25) is 0 Å². The van der Waals surface area contributed by atoms with Crippen molar-refractivity contribution < 1.29 is 8.42 Å². The quantitative estimate of drug-likeness (QED) is 0.830. The van der Waals surface area contributed by atoms with Crippen molar-refractivity contribution in [2.75, 3.05) is 29.6 Å². The van der Waals surface area contributed by atoms with Gasteiger partial charge in [0.05, 0.1) is 5.75 Å². The van der Waals surface area contributed by atoms with Gasteiger partial charge in [0.1, 0.15) is 9.90 Å². The van der Waals surface area contributed by atoms with Gasteiger partial charge in [0.15, 0.2) is 15.7 Å². The van der Waals surface area contributed by atoms with Gasteiger partial charge in [0.25, 0.3) is 0 Å². The van der Waals surface area contributed by atoms with Gasteiger partial charge in [-0.05, 0) is 17.8 Å². The molecule has 0 saturated heterocycles. The predicted octanol–water partition coefficient (Wildman–Crippen LogP) is 1.68. The number of hydrogen-bond donors (Lipinski definition) is 2. The minimum atomic E-state index is -3.32. The van der Waals surface area contributed by atoms with Crippen molar-refractivity contribution in [1.82, 2.24) is 4.37 Å². The summed E-state index contributed by atoms with van der Waals surface area (Å²) in [5.74, 6) is 0.124. The molecule has 0 aliphatic heterocycles. The molecule has 1 atom stereocenters. The number of thioether (sulfide) groups is 1. The van der Waals surface area contributed by atoms with Crippen LogP contribution in [0.2, 0.25) is 0 Å². The summed E-state index contributed by atoms with van der Waals surface area (Å²) in [6.07, 6.45) is 2.01. The van der Waals surface area contributed by atoms with Gasteiger partial charge in [-0.2, -0.15) is 16.1 Å². The maximum atomic E-state index is 11.9. The number of nitrogens with zero attached hydrogens (tertiary/aromatic N) is 1. The van der Waals surface area contributed by atoms with E-state index in [-0.39, 0.29) is 16.5 Å². The fraction of sp³-hybridized carbons (Fsp3) is 0.667. The van der Waals surface area contributed by atoms with Gasteiger partial charge in [-0.1, -0.05) is 13.8 Å². The van der Waals surface area contributed by atoms with Crippen LogP contribution in [0.4, 0.5) is 10.8 Å². The zero-order chi connectivity index (χ0) is 13.1. The van der Waals surface area contributed by atoms with Crippen LogP contribution in [0.25, 0.3) is 0 Å². The van der Waals surface area contributed by atoms with Crippen LogP contribution in [0.15, 0.2) is 4.90 Å². The van der Waals surface area contributed by atoms with E-state index in [1.807, 2.05) is 6.26 Å². The highest BCUT2D eigenvalue weighted by atomic mass is 32.2. The number of sulfone groups is 1. The summed E-state index contributed by atoms with van der Waals surface area (Å²) in [6, 6.07) is 0. The van der Waals surface area contributed by atoms with E-state index in [4.69, 9.17) is 5.73 Å². The summed E-state index contributed by atoms with van der Waals surface area (Å²) >= 11 is 2.81. The Balaban J connectivity index is 2.95. The minimum Gasteiger partial charge on any atom is -0.382 e. The molecular weight excluding hydrogens is 278 g/mol. The van der Waals surface area contributed by atoms with Crippen molar-refractivity contribution in [1.29, 1.82) is 0 Å². The van der Waals surface area contributed by atoms with Gasteiger partial charge < -0.3 is 11.1 Å². The van der Waals surface area contributed by atoms with Crippen LogP contribution in [0.1, 0.15) is 13.8 Å². The second kappa shape index (κ2) is 5.92. The molecule has 0 aliphatic carbocycles. The maximum Gasteiger partial charge on any atom is 0.184 e. The lowest BCUT2D eigenvalue weighted by molar-refractivity contribution is 0.598. The first-order chi connectivity index (χ1) is 7.92. The lowest BCUT2D eigenvalue weighted by atomic mass is 10.4. The smallest absolute Gasteiger partial charge is 0.184 e. The summed E-state index contributed by atoms with van der Waals surface area (Å²) in [5, 5.41) is 4.05. The van der Waals surface area contributed by atoms with E-state index < -0.39 is 9.84 Å². The van der Waals surface area contributed by atoms with Crippen molar-refractivity contribution in [2.24, 2.45) is 0 Å².